The highest BCUT2D eigenvalue weighted by molar-refractivity contribution is 5.59. The van der Waals surface area contributed by atoms with Crippen molar-refractivity contribution in [3.63, 3.8) is 0 Å². The molecule has 0 aromatic carbocycles. The molecule has 0 spiro atoms. The van der Waals surface area contributed by atoms with Crippen LogP contribution in [0.15, 0.2) is 24.8 Å². The van der Waals surface area contributed by atoms with Gasteiger partial charge in [-0.05, 0) is 0 Å². The van der Waals surface area contributed by atoms with Crippen LogP contribution in [0.25, 0.3) is 11.1 Å². The van der Waals surface area contributed by atoms with Gasteiger partial charge < -0.3 is 4.74 Å². The van der Waals surface area contributed by atoms with Gasteiger partial charge in [0.05, 0.1) is 13.3 Å². The van der Waals surface area contributed by atoms with Crippen molar-refractivity contribution in [2.24, 2.45) is 7.05 Å². The van der Waals surface area contributed by atoms with E-state index in [0.29, 0.717) is 6.01 Å². The maximum absolute atomic E-state index is 4.87. The molecule has 2 aromatic heterocycles. The zero-order chi connectivity index (χ0) is 9.97. The summed E-state index contributed by atoms with van der Waals surface area (Å²) >= 11 is 0. The Bertz CT molecular complexity index is 421. The molecule has 0 aliphatic heterocycles. The van der Waals surface area contributed by atoms with Crippen molar-refractivity contribution >= 4 is 0 Å². The molecule has 2 rings (SSSR count). The van der Waals surface area contributed by atoms with Crippen LogP contribution in [-0.4, -0.2) is 26.9 Å². The van der Waals surface area contributed by atoms with Crippen molar-refractivity contribution in [1.82, 2.24) is 19.7 Å². The van der Waals surface area contributed by atoms with Gasteiger partial charge in [0.2, 0.25) is 0 Å². The zero-order valence-corrected chi connectivity index (χ0v) is 8.01. The van der Waals surface area contributed by atoms with Crippen molar-refractivity contribution in [3.8, 4) is 17.1 Å². The van der Waals surface area contributed by atoms with E-state index < -0.39 is 0 Å². The molecule has 0 aliphatic carbocycles. The summed E-state index contributed by atoms with van der Waals surface area (Å²) in [4.78, 5) is 8.02. The third kappa shape index (κ3) is 1.56. The molecule has 0 bridgehead atoms. The number of hydrogen-bond acceptors (Lipinski definition) is 4. The smallest absolute Gasteiger partial charge is 0.316 e. The Morgan fingerprint density at radius 2 is 1.86 bits per heavy atom. The van der Waals surface area contributed by atoms with Crippen molar-refractivity contribution in [2.75, 3.05) is 7.11 Å². The minimum atomic E-state index is 0.373. The molecule has 5 nitrogen and oxygen atoms in total. The predicted octanol–water partition coefficient (Wildman–Crippen LogP) is 0.886. The molecule has 72 valence electrons. The number of aryl methyl sites for hydroxylation is 1. The van der Waals surface area contributed by atoms with Gasteiger partial charge in [0, 0.05) is 36.8 Å². The summed E-state index contributed by atoms with van der Waals surface area (Å²) in [5, 5.41) is 4.07. The Labute approximate surface area is 81.4 Å². The lowest BCUT2D eigenvalue weighted by Crippen LogP contribution is -1.90. The Kier molecular flexibility index (Phi) is 2.14. The van der Waals surface area contributed by atoms with Crippen LogP contribution in [0.3, 0.4) is 0 Å². The van der Waals surface area contributed by atoms with E-state index in [0.717, 1.165) is 11.1 Å². The molecule has 0 saturated heterocycles. The summed E-state index contributed by atoms with van der Waals surface area (Å²) in [6, 6.07) is 0.373. The molecule has 0 fully saturated rings. The quantitative estimate of drug-likeness (QED) is 0.705. The van der Waals surface area contributed by atoms with Crippen LogP contribution in [0.4, 0.5) is 0 Å². The van der Waals surface area contributed by atoms with Crippen LogP contribution in [0.1, 0.15) is 0 Å². The maximum Gasteiger partial charge on any atom is 0.316 e. The first-order valence-electron chi connectivity index (χ1n) is 4.14. The van der Waals surface area contributed by atoms with Crippen molar-refractivity contribution in [3.05, 3.63) is 24.8 Å². The molecule has 14 heavy (non-hydrogen) atoms. The molecule has 2 aromatic rings. The molecule has 0 N–H and O–H groups in total. The molecule has 0 aliphatic rings. The van der Waals surface area contributed by atoms with E-state index in [1.807, 2.05) is 13.2 Å². The van der Waals surface area contributed by atoms with Crippen molar-refractivity contribution in [1.29, 1.82) is 0 Å². The molecular weight excluding hydrogens is 180 g/mol. The van der Waals surface area contributed by atoms with Crippen LogP contribution in [0, 0.1) is 0 Å². The van der Waals surface area contributed by atoms with Gasteiger partial charge in [-0.15, -0.1) is 0 Å². The highest BCUT2D eigenvalue weighted by atomic mass is 16.5. The summed E-state index contributed by atoms with van der Waals surface area (Å²) < 4.78 is 6.60. The standard InChI is InChI=1S/C9H10N4O/c1-13-6-8(5-12-13)7-3-10-9(14-2)11-4-7/h3-6H,1-2H3. The SMILES string of the molecule is COc1ncc(-c2cnn(C)c2)cn1. The van der Waals surface area contributed by atoms with Crippen LogP contribution >= 0.6 is 0 Å². The molecule has 0 atom stereocenters. The molecule has 0 radical (unpaired) electrons. The van der Waals surface area contributed by atoms with E-state index in [9.17, 15) is 0 Å². The van der Waals surface area contributed by atoms with Gasteiger partial charge in [0.25, 0.3) is 0 Å². The van der Waals surface area contributed by atoms with E-state index in [1.54, 1.807) is 30.4 Å². The lowest BCUT2D eigenvalue weighted by Gasteiger charge is -1.97. The second-order valence-corrected chi connectivity index (χ2v) is 2.86. The highest BCUT2D eigenvalue weighted by Crippen LogP contribution is 2.16. The Balaban J connectivity index is 2.33. The van der Waals surface area contributed by atoms with Crippen LogP contribution in [0.5, 0.6) is 6.01 Å². The van der Waals surface area contributed by atoms with E-state index in [2.05, 4.69) is 15.1 Å². The first-order valence-corrected chi connectivity index (χ1v) is 4.14. The first-order chi connectivity index (χ1) is 6.79. The number of methoxy groups -OCH3 is 1. The number of nitrogens with zero attached hydrogens (tertiary/aromatic N) is 4. The normalized spacial score (nSPS) is 10.1. The lowest BCUT2D eigenvalue weighted by atomic mass is 10.2. The van der Waals surface area contributed by atoms with E-state index in [4.69, 9.17) is 4.74 Å². The van der Waals surface area contributed by atoms with E-state index in [-0.39, 0.29) is 0 Å². The van der Waals surface area contributed by atoms with Crippen molar-refractivity contribution in [2.45, 2.75) is 0 Å². The Morgan fingerprint density at radius 3 is 2.36 bits per heavy atom. The zero-order valence-electron chi connectivity index (χ0n) is 8.01. The topological polar surface area (TPSA) is 52.8 Å². The summed E-state index contributed by atoms with van der Waals surface area (Å²) in [5.41, 5.74) is 1.93. The summed E-state index contributed by atoms with van der Waals surface area (Å²) in [5.74, 6) is 0. The molecule has 2 heterocycles. The van der Waals surface area contributed by atoms with Gasteiger partial charge in [-0.1, -0.05) is 0 Å². The monoisotopic (exact) mass is 190 g/mol. The number of ether oxygens (including phenoxy) is 1. The van der Waals surface area contributed by atoms with Gasteiger partial charge in [-0.2, -0.15) is 5.10 Å². The van der Waals surface area contributed by atoms with Crippen LogP contribution < -0.4 is 4.74 Å². The second kappa shape index (κ2) is 3.45. The van der Waals surface area contributed by atoms with Gasteiger partial charge >= 0.3 is 6.01 Å². The van der Waals surface area contributed by atoms with Gasteiger partial charge in [-0.3, -0.25) is 4.68 Å². The molecule has 0 unspecified atom stereocenters. The number of hydrogen-bond donors (Lipinski definition) is 0. The molecular formula is C9H10N4O. The lowest BCUT2D eigenvalue weighted by molar-refractivity contribution is 0.380. The molecule has 5 heteroatoms. The van der Waals surface area contributed by atoms with Crippen molar-refractivity contribution < 1.29 is 4.74 Å². The second-order valence-electron chi connectivity index (χ2n) is 2.86. The maximum atomic E-state index is 4.87. The van der Waals surface area contributed by atoms with E-state index >= 15 is 0 Å². The summed E-state index contributed by atoms with van der Waals surface area (Å²) in [6.07, 6.45) is 7.10. The summed E-state index contributed by atoms with van der Waals surface area (Å²) in [7, 11) is 3.41. The molecule has 0 saturated carbocycles. The number of rotatable bonds is 2. The predicted molar refractivity (Wildman–Crippen MR) is 50.8 cm³/mol. The van der Waals surface area contributed by atoms with Gasteiger partial charge in [0.15, 0.2) is 0 Å². The van der Waals surface area contributed by atoms with Gasteiger partial charge in [-0.25, -0.2) is 9.97 Å². The largest absolute Gasteiger partial charge is 0.467 e. The Morgan fingerprint density at radius 1 is 1.14 bits per heavy atom. The Hall–Kier alpha value is -1.91. The third-order valence-corrected chi connectivity index (χ3v) is 1.85. The average molecular weight is 190 g/mol. The highest BCUT2D eigenvalue weighted by Gasteiger charge is 2.01. The summed E-state index contributed by atoms with van der Waals surface area (Å²) in [6.45, 7) is 0. The third-order valence-electron chi connectivity index (χ3n) is 1.85. The van der Waals surface area contributed by atoms with Gasteiger partial charge in [0.1, 0.15) is 0 Å². The van der Waals surface area contributed by atoms with Crippen LogP contribution in [-0.2, 0) is 7.05 Å². The first kappa shape index (κ1) is 8.68. The minimum absolute atomic E-state index is 0.373. The van der Waals surface area contributed by atoms with E-state index in [1.165, 1.54) is 0 Å². The molecule has 0 amide bonds. The minimum Gasteiger partial charge on any atom is -0.467 e. The fourth-order valence-corrected chi connectivity index (χ4v) is 1.14. The fraction of sp³-hybridized carbons (Fsp3) is 0.222. The van der Waals surface area contributed by atoms with Crippen LogP contribution in [0.2, 0.25) is 0 Å². The number of aromatic nitrogens is 4. The average Bonchev–Trinajstić information content (AvgIpc) is 2.65. The fourth-order valence-electron chi connectivity index (χ4n) is 1.14.